The molecule has 5 rings (SSSR count). The molecule has 8 nitrogen and oxygen atoms in total. The van der Waals surface area contributed by atoms with Crippen molar-refractivity contribution in [3.05, 3.63) is 54.2 Å². The Morgan fingerprint density at radius 1 is 1.27 bits per heavy atom. The molecular formula is C18H17N5O3. The molecule has 2 aliphatic rings. The third kappa shape index (κ3) is 2.50. The maximum Gasteiger partial charge on any atom is 0.274 e. The lowest BCUT2D eigenvalue weighted by atomic mass is 10.0. The predicted molar refractivity (Wildman–Crippen MR) is 90.8 cm³/mol. The van der Waals surface area contributed by atoms with Gasteiger partial charge in [-0.1, -0.05) is 18.2 Å². The van der Waals surface area contributed by atoms with E-state index in [9.17, 15) is 4.79 Å². The first kappa shape index (κ1) is 15.3. The Hall–Kier alpha value is -3.00. The molecule has 3 aromatic rings. The molecule has 1 aromatic carbocycles. The van der Waals surface area contributed by atoms with Gasteiger partial charge in [-0.2, -0.15) is 0 Å². The Kier molecular flexibility index (Phi) is 3.39. The van der Waals surface area contributed by atoms with E-state index in [4.69, 9.17) is 9.47 Å². The molecule has 132 valence electrons. The van der Waals surface area contributed by atoms with Gasteiger partial charge in [0.25, 0.3) is 5.91 Å². The van der Waals surface area contributed by atoms with E-state index >= 15 is 0 Å². The molecule has 1 atom stereocenters. The van der Waals surface area contributed by atoms with Crippen molar-refractivity contribution in [1.29, 1.82) is 0 Å². The highest BCUT2D eigenvalue weighted by Gasteiger charge is 2.43. The first-order chi connectivity index (χ1) is 12.7. The van der Waals surface area contributed by atoms with Gasteiger partial charge in [0.15, 0.2) is 11.2 Å². The lowest BCUT2D eigenvalue weighted by molar-refractivity contribution is 0.0228. The molecule has 1 fully saturated rings. The second kappa shape index (κ2) is 5.77. The van der Waals surface area contributed by atoms with Crippen molar-refractivity contribution in [2.45, 2.75) is 18.6 Å². The van der Waals surface area contributed by atoms with E-state index in [1.807, 2.05) is 24.3 Å². The molecule has 8 heteroatoms. The first-order valence-corrected chi connectivity index (χ1v) is 8.52. The number of amides is 1. The minimum absolute atomic E-state index is 0.146. The number of fused-ring (bicyclic) bond motifs is 2. The topological polar surface area (TPSA) is 81.9 Å². The second-order valence-corrected chi connectivity index (χ2v) is 6.73. The molecular weight excluding hydrogens is 334 g/mol. The Morgan fingerprint density at radius 2 is 2.19 bits per heavy atom. The van der Waals surface area contributed by atoms with Gasteiger partial charge in [0.1, 0.15) is 17.8 Å². The third-order valence-corrected chi connectivity index (χ3v) is 4.89. The zero-order valence-corrected chi connectivity index (χ0v) is 14.0. The number of rotatable bonds is 1. The molecule has 0 radical (unpaired) electrons. The number of benzene rings is 1. The normalized spacial score (nSPS) is 22.2. The van der Waals surface area contributed by atoms with Gasteiger partial charge in [-0.05, 0) is 6.07 Å². The largest absolute Gasteiger partial charge is 0.483 e. The lowest BCUT2D eigenvalue weighted by Gasteiger charge is -2.31. The van der Waals surface area contributed by atoms with E-state index in [-0.39, 0.29) is 5.91 Å². The van der Waals surface area contributed by atoms with E-state index in [1.54, 1.807) is 28.0 Å². The minimum atomic E-state index is -0.511. The van der Waals surface area contributed by atoms with Gasteiger partial charge >= 0.3 is 0 Å². The van der Waals surface area contributed by atoms with Gasteiger partial charge in [-0.25, -0.2) is 4.98 Å². The molecule has 2 aromatic heterocycles. The van der Waals surface area contributed by atoms with Crippen molar-refractivity contribution in [3.8, 4) is 5.75 Å². The molecule has 26 heavy (non-hydrogen) atoms. The summed E-state index contributed by atoms with van der Waals surface area (Å²) in [5.74, 6) is 0.669. The number of ether oxygens (including phenoxy) is 2. The van der Waals surface area contributed by atoms with Crippen molar-refractivity contribution < 1.29 is 14.3 Å². The Bertz CT molecular complexity index is 980. The van der Waals surface area contributed by atoms with Crippen LogP contribution < -0.4 is 4.74 Å². The standard InChI is InChI=1S/C18H17N5O3/c24-17(14-9-23-12-20-21-16(23)7-19-14)22-8-13-3-1-2-4-15(13)26-18(10-22)5-6-25-11-18/h1-4,7,9,12H,5-6,8,10-11H2. The van der Waals surface area contributed by atoms with E-state index in [2.05, 4.69) is 15.2 Å². The van der Waals surface area contributed by atoms with Crippen LogP contribution in [0.15, 0.2) is 43.0 Å². The predicted octanol–water partition coefficient (Wildman–Crippen LogP) is 1.32. The monoisotopic (exact) mass is 351 g/mol. The van der Waals surface area contributed by atoms with Crippen LogP contribution in [0.1, 0.15) is 22.5 Å². The number of hydrogen-bond acceptors (Lipinski definition) is 6. The van der Waals surface area contributed by atoms with Crippen molar-refractivity contribution in [3.63, 3.8) is 0 Å². The molecule has 1 saturated heterocycles. The SMILES string of the molecule is O=C(c1cn2cnnc2cn1)N1Cc2ccccc2OC2(CCOC2)C1. The summed E-state index contributed by atoms with van der Waals surface area (Å²) in [6.07, 6.45) is 5.52. The summed E-state index contributed by atoms with van der Waals surface area (Å²) in [6, 6.07) is 7.84. The highest BCUT2D eigenvalue weighted by molar-refractivity contribution is 5.92. The molecule has 4 heterocycles. The van der Waals surface area contributed by atoms with Crippen LogP contribution >= 0.6 is 0 Å². The van der Waals surface area contributed by atoms with Gasteiger partial charge in [0.2, 0.25) is 0 Å². The van der Waals surface area contributed by atoms with E-state index < -0.39 is 5.60 Å². The molecule has 0 N–H and O–H groups in total. The number of para-hydroxylation sites is 1. The second-order valence-electron chi connectivity index (χ2n) is 6.73. The number of aromatic nitrogens is 4. The number of carbonyl (C=O) groups excluding carboxylic acids is 1. The maximum atomic E-state index is 13.2. The van der Waals surface area contributed by atoms with Crippen LogP contribution in [0.2, 0.25) is 0 Å². The summed E-state index contributed by atoms with van der Waals surface area (Å²) in [6.45, 7) is 2.04. The summed E-state index contributed by atoms with van der Waals surface area (Å²) in [4.78, 5) is 19.2. The van der Waals surface area contributed by atoms with Gasteiger partial charge in [-0.15, -0.1) is 10.2 Å². The van der Waals surface area contributed by atoms with Crippen molar-refractivity contribution in [2.24, 2.45) is 0 Å². The van der Waals surface area contributed by atoms with Gasteiger partial charge < -0.3 is 14.4 Å². The molecule has 1 amide bonds. The Balaban J connectivity index is 1.53. The summed E-state index contributed by atoms with van der Waals surface area (Å²) >= 11 is 0. The summed E-state index contributed by atoms with van der Waals surface area (Å²) in [7, 11) is 0. The lowest BCUT2D eigenvalue weighted by Crippen LogP contribution is -2.48. The number of nitrogens with zero attached hydrogens (tertiary/aromatic N) is 5. The van der Waals surface area contributed by atoms with Crippen LogP contribution in [0.3, 0.4) is 0 Å². The smallest absolute Gasteiger partial charge is 0.274 e. The summed E-state index contributed by atoms with van der Waals surface area (Å²) < 4.78 is 13.6. The highest BCUT2D eigenvalue weighted by atomic mass is 16.6. The highest BCUT2D eigenvalue weighted by Crippen LogP contribution is 2.34. The van der Waals surface area contributed by atoms with Crippen molar-refractivity contribution >= 4 is 11.6 Å². The number of carbonyl (C=O) groups is 1. The van der Waals surface area contributed by atoms with Gasteiger partial charge in [0.05, 0.1) is 26.0 Å². The van der Waals surface area contributed by atoms with Crippen LogP contribution in [-0.4, -0.2) is 55.7 Å². The fraction of sp³-hybridized carbons (Fsp3) is 0.333. The Morgan fingerprint density at radius 3 is 3.08 bits per heavy atom. The van der Waals surface area contributed by atoms with Gasteiger partial charge in [0, 0.05) is 24.7 Å². The van der Waals surface area contributed by atoms with Crippen molar-refractivity contribution in [1.82, 2.24) is 24.5 Å². The maximum absolute atomic E-state index is 13.2. The fourth-order valence-electron chi connectivity index (χ4n) is 3.55. The fourth-order valence-corrected chi connectivity index (χ4v) is 3.55. The zero-order valence-electron chi connectivity index (χ0n) is 14.0. The minimum Gasteiger partial charge on any atom is -0.483 e. The van der Waals surface area contributed by atoms with Gasteiger partial charge in [-0.3, -0.25) is 9.20 Å². The van der Waals surface area contributed by atoms with E-state index in [0.717, 1.165) is 17.7 Å². The average Bonchev–Trinajstić information content (AvgIpc) is 3.27. The molecule has 0 bridgehead atoms. The Labute approximate surface area is 149 Å². The summed E-state index contributed by atoms with van der Waals surface area (Å²) in [5, 5.41) is 7.75. The molecule has 0 aliphatic carbocycles. The number of hydrogen-bond donors (Lipinski definition) is 0. The van der Waals surface area contributed by atoms with E-state index in [1.165, 1.54) is 0 Å². The molecule has 1 unspecified atom stereocenters. The quantitative estimate of drug-likeness (QED) is 0.658. The van der Waals surface area contributed by atoms with Crippen LogP contribution in [0, 0.1) is 0 Å². The third-order valence-electron chi connectivity index (χ3n) is 4.89. The van der Waals surface area contributed by atoms with Crippen LogP contribution in [0.25, 0.3) is 5.65 Å². The molecule has 2 aliphatic heterocycles. The zero-order chi connectivity index (χ0) is 17.6. The van der Waals surface area contributed by atoms with Crippen LogP contribution in [-0.2, 0) is 11.3 Å². The van der Waals surface area contributed by atoms with Crippen LogP contribution in [0.5, 0.6) is 5.75 Å². The molecule has 0 saturated carbocycles. The summed E-state index contributed by atoms with van der Waals surface area (Å²) in [5.41, 5.74) is 1.43. The molecule has 1 spiro atoms. The first-order valence-electron chi connectivity index (χ1n) is 8.52. The van der Waals surface area contributed by atoms with E-state index in [0.29, 0.717) is 37.6 Å². The van der Waals surface area contributed by atoms with Crippen molar-refractivity contribution in [2.75, 3.05) is 19.8 Å². The average molecular weight is 351 g/mol. The van der Waals surface area contributed by atoms with Crippen LogP contribution in [0.4, 0.5) is 0 Å².